The Bertz CT molecular complexity index is 1590. The summed E-state index contributed by atoms with van der Waals surface area (Å²) in [6, 6.07) is 23.6. The standard InChI is InChI=1S/C32H34FN5O4S/c1-43(40,41)37-28-10-14-30(15-11-28)42-29-12-4-23(5-13-29)22-38-19-16-27(17-20-38)35-31(24-3-2-18-34-21-24)32(39)36-26-8-6-25(33)7-9-26/h2-15,18,21,27,31,35,37H,16-17,19-20,22H2,1H3,(H,36,39). The van der Waals surface area contributed by atoms with E-state index in [0.717, 1.165) is 44.3 Å². The molecule has 1 aliphatic rings. The first kappa shape index (κ1) is 30.1. The molecule has 1 unspecified atom stereocenters. The molecule has 1 amide bonds. The number of carbonyl (C=O) groups excluding carboxylic acids is 1. The molecule has 1 fully saturated rings. The molecule has 3 N–H and O–H groups in total. The van der Waals surface area contributed by atoms with Crippen LogP contribution in [0.3, 0.4) is 0 Å². The Morgan fingerprint density at radius 1 is 0.953 bits per heavy atom. The highest BCUT2D eigenvalue weighted by atomic mass is 32.2. The summed E-state index contributed by atoms with van der Waals surface area (Å²) >= 11 is 0. The lowest BCUT2D eigenvalue weighted by atomic mass is 10.0. The monoisotopic (exact) mass is 603 g/mol. The van der Waals surface area contributed by atoms with Crippen LogP contribution in [0.25, 0.3) is 0 Å². The molecule has 0 spiro atoms. The fourth-order valence-electron chi connectivity index (χ4n) is 4.97. The van der Waals surface area contributed by atoms with E-state index in [1.807, 2.05) is 36.4 Å². The van der Waals surface area contributed by atoms with Crippen molar-refractivity contribution in [1.82, 2.24) is 15.2 Å². The van der Waals surface area contributed by atoms with Gasteiger partial charge in [-0.05, 0) is 104 Å². The van der Waals surface area contributed by atoms with E-state index in [1.54, 1.807) is 48.8 Å². The predicted octanol–water partition coefficient (Wildman–Crippen LogP) is 5.32. The first-order valence-electron chi connectivity index (χ1n) is 14.0. The molecular formula is C32H34FN5O4S. The van der Waals surface area contributed by atoms with Crippen LogP contribution in [0.1, 0.15) is 30.0 Å². The summed E-state index contributed by atoms with van der Waals surface area (Å²) in [5.41, 5.74) is 2.95. The van der Waals surface area contributed by atoms with Crippen LogP contribution in [0.2, 0.25) is 0 Å². The molecule has 0 saturated carbocycles. The van der Waals surface area contributed by atoms with E-state index in [0.29, 0.717) is 22.9 Å². The second-order valence-electron chi connectivity index (χ2n) is 10.6. The highest BCUT2D eigenvalue weighted by Crippen LogP contribution is 2.25. The average molecular weight is 604 g/mol. The minimum absolute atomic E-state index is 0.148. The van der Waals surface area contributed by atoms with Crippen LogP contribution in [-0.2, 0) is 21.4 Å². The van der Waals surface area contributed by atoms with E-state index in [-0.39, 0.29) is 17.8 Å². The molecule has 4 aromatic rings. The summed E-state index contributed by atoms with van der Waals surface area (Å²) in [6.07, 6.45) is 6.23. The van der Waals surface area contributed by atoms with Crippen molar-refractivity contribution in [2.45, 2.75) is 31.5 Å². The van der Waals surface area contributed by atoms with Crippen molar-refractivity contribution in [3.8, 4) is 11.5 Å². The minimum atomic E-state index is -3.33. The van der Waals surface area contributed by atoms with Crippen LogP contribution < -0.4 is 20.1 Å². The van der Waals surface area contributed by atoms with Gasteiger partial charge in [0.2, 0.25) is 15.9 Å². The van der Waals surface area contributed by atoms with E-state index < -0.39 is 16.1 Å². The van der Waals surface area contributed by atoms with E-state index in [4.69, 9.17) is 4.74 Å². The number of piperidine rings is 1. The average Bonchev–Trinajstić information content (AvgIpc) is 2.99. The van der Waals surface area contributed by atoms with Gasteiger partial charge in [0.15, 0.2) is 0 Å². The van der Waals surface area contributed by atoms with Crippen molar-refractivity contribution in [2.24, 2.45) is 0 Å². The topological polar surface area (TPSA) is 113 Å². The molecule has 11 heteroatoms. The van der Waals surface area contributed by atoms with E-state index in [1.165, 1.54) is 17.7 Å². The summed E-state index contributed by atoms with van der Waals surface area (Å²) in [4.78, 5) is 19.8. The zero-order chi connectivity index (χ0) is 30.2. The van der Waals surface area contributed by atoms with Crippen LogP contribution in [0.5, 0.6) is 11.5 Å². The van der Waals surface area contributed by atoms with E-state index in [9.17, 15) is 17.6 Å². The van der Waals surface area contributed by atoms with Crippen molar-refractivity contribution in [2.75, 3.05) is 29.4 Å². The summed E-state index contributed by atoms with van der Waals surface area (Å²) in [7, 11) is -3.33. The molecular weight excluding hydrogens is 569 g/mol. The SMILES string of the molecule is CS(=O)(=O)Nc1ccc(Oc2ccc(CN3CCC(NC(C(=O)Nc4ccc(F)cc4)c4cccnc4)CC3)cc2)cc1. The molecule has 1 atom stereocenters. The third-order valence-electron chi connectivity index (χ3n) is 7.10. The van der Waals surface area contributed by atoms with Gasteiger partial charge in [0.05, 0.1) is 6.26 Å². The number of hydrogen-bond acceptors (Lipinski definition) is 7. The van der Waals surface area contributed by atoms with Gasteiger partial charge in [-0.25, -0.2) is 12.8 Å². The van der Waals surface area contributed by atoms with Crippen LogP contribution >= 0.6 is 0 Å². The number of hydrogen-bond donors (Lipinski definition) is 3. The summed E-state index contributed by atoms with van der Waals surface area (Å²) in [6.45, 7) is 2.56. The first-order valence-corrected chi connectivity index (χ1v) is 15.9. The molecule has 1 saturated heterocycles. The van der Waals surface area contributed by atoms with Crippen LogP contribution in [-0.4, -0.2) is 49.6 Å². The van der Waals surface area contributed by atoms with Gasteiger partial charge in [-0.1, -0.05) is 18.2 Å². The Morgan fingerprint density at radius 3 is 2.19 bits per heavy atom. The van der Waals surface area contributed by atoms with Gasteiger partial charge in [0.25, 0.3) is 0 Å². The molecule has 0 bridgehead atoms. The van der Waals surface area contributed by atoms with Gasteiger partial charge in [-0.3, -0.25) is 24.7 Å². The summed E-state index contributed by atoms with van der Waals surface area (Å²) in [5, 5.41) is 6.42. The third-order valence-corrected chi connectivity index (χ3v) is 7.71. The molecule has 5 rings (SSSR count). The second-order valence-corrected chi connectivity index (χ2v) is 12.3. The zero-order valence-electron chi connectivity index (χ0n) is 23.7. The minimum Gasteiger partial charge on any atom is -0.457 e. The lowest BCUT2D eigenvalue weighted by Gasteiger charge is -2.34. The molecule has 2 heterocycles. The molecule has 9 nitrogen and oxygen atoms in total. The quantitative estimate of drug-likeness (QED) is 0.213. The normalized spacial score (nSPS) is 15.0. The lowest BCUT2D eigenvalue weighted by Crippen LogP contribution is -2.46. The fraction of sp³-hybridized carbons (Fsp3) is 0.250. The number of nitrogens with zero attached hydrogens (tertiary/aromatic N) is 2. The number of anilines is 2. The highest BCUT2D eigenvalue weighted by molar-refractivity contribution is 7.92. The molecule has 43 heavy (non-hydrogen) atoms. The number of benzene rings is 3. The van der Waals surface area contributed by atoms with Crippen LogP contribution in [0.15, 0.2) is 97.3 Å². The lowest BCUT2D eigenvalue weighted by molar-refractivity contribution is -0.118. The van der Waals surface area contributed by atoms with E-state index in [2.05, 4.69) is 25.2 Å². The summed E-state index contributed by atoms with van der Waals surface area (Å²) < 4.78 is 44.4. The van der Waals surface area contributed by atoms with Crippen molar-refractivity contribution in [3.05, 3.63) is 114 Å². The van der Waals surface area contributed by atoms with Crippen molar-refractivity contribution < 1.29 is 22.3 Å². The second kappa shape index (κ2) is 13.8. The van der Waals surface area contributed by atoms with Crippen molar-refractivity contribution in [1.29, 1.82) is 0 Å². The number of nitrogens with one attached hydrogen (secondary N) is 3. The number of amides is 1. The maximum absolute atomic E-state index is 13.3. The predicted molar refractivity (Wildman–Crippen MR) is 165 cm³/mol. The van der Waals surface area contributed by atoms with Crippen LogP contribution in [0.4, 0.5) is 15.8 Å². The number of sulfonamides is 1. The number of likely N-dealkylation sites (tertiary alicyclic amines) is 1. The van der Waals surface area contributed by atoms with Gasteiger partial charge in [-0.2, -0.15) is 0 Å². The molecule has 0 aliphatic carbocycles. The Labute approximate surface area is 251 Å². The van der Waals surface area contributed by atoms with Gasteiger partial charge in [0, 0.05) is 36.4 Å². The van der Waals surface area contributed by atoms with Crippen LogP contribution in [0, 0.1) is 5.82 Å². The Morgan fingerprint density at radius 2 is 1.58 bits per heavy atom. The third kappa shape index (κ3) is 9.08. The Balaban J connectivity index is 1.12. The molecule has 1 aliphatic heterocycles. The Kier molecular flexibility index (Phi) is 9.65. The van der Waals surface area contributed by atoms with Crippen molar-refractivity contribution >= 4 is 27.3 Å². The molecule has 0 radical (unpaired) electrons. The number of aromatic nitrogens is 1. The summed E-state index contributed by atoms with van der Waals surface area (Å²) in [5.74, 6) is 0.726. The molecule has 224 valence electrons. The smallest absolute Gasteiger partial charge is 0.246 e. The van der Waals surface area contributed by atoms with Gasteiger partial charge >= 0.3 is 0 Å². The fourth-order valence-corrected chi connectivity index (χ4v) is 5.54. The van der Waals surface area contributed by atoms with Crippen molar-refractivity contribution in [3.63, 3.8) is 0 Å². The number of ether oxygens (including phenoxy) is 1. The molecule has 1 aromatic heterocycles. The number of carbonyl (C=O) groups is 1. The number of rotatable bonds is 11. The van der Waals surface area contributed by atoms with Gasteiger partial charge in [0.1, 0.15) is 23.4 Å². The van der Waals surface area contributed by atoms with E-state index >= 15 is 0 Å². The largest absolute Gasteiger partial charge is 0.457 e. The number of halogens is 1. The highest BCUT2D eigenvalue weighted by Gasteiger charge is 2.27. The van der Waals surface area contributed by atoms with Gasteiger partial charge < -0.3 is 10.1 Å². The maximum Gasteiger partial charge on any atom is 0.246 e. The Hall–Kier alpha value is -4.32. The number of pyridine rings is 1. The zero-order valence-corrected chi connectivity index (χ0v) is 24.6. The maximum atomic E-state index is 13.3. The first-order chi connectivity index (χ1) is 20.7. The molecule has 3 aromatic carbocycles. The van der Waals surface area contributed by atoms with Gasteiger partial charge in [-0.15, -0.1) is 0 Å².